The van der Waals surface area contributed by atoms with E-state index in [1.807, 2.05) is 13.8 Å². The second-order valence-corrected chi connectivity index (χ2v) is 10.1. The largest absolute Gasteiger partial charge is 0.416 e. The number of hydrogen-bond donors (Lipinski definition) is 2. The second-order valence-electron chi connectivity index (χ2n) is 8.31. The number of anilines is 1. The fourth-order valence-corrected chi connectivity index (χ4v) is 3.76. The van der Waals surface area contributed by atoms with Crippen LogP contribution in [0.4, 0.5) is 27.6 Å². The predicted octanol–water partition coefficient (Wildman–Crippen LogP) is 5.44. The van der Waals surface area contributed by atoms with Gasteiger partial charge in [0.25, 0.3) is 0 Å². The zero-order chi connectivity index (χ0) is 25.8. The number of sulfonamides is 1. The van der Waals surface area contributed by atoms with E-state index in [0.717, 1.165) is 36.6 Å². The molecule has 1 amide bonds. The fraction of sp³-hybridized carbons (Fsp3) is 0.348. The van der Waals surface area contributed by atoms with E-state index in [9.17, 15) is 35.2 Å². The summed E-state index contributed by atoms with van der Waals surface area (Å²) in [5.74, 6) is -2.86. The summed E-state index contributed by atoms with van der Waals surface area (Å²) in [5, 5.41) is 2.51. The maximum Gasteiger partial charge on any atom is 0.416 e. The molecule has 0 aliphatic carbocycles. The molecule has 5 nitrogen and oxygen atoms in total. The average Bonchev–Trinajstić information content (AvgIpc) is 2.67. The minimum atomic E-state index is -4.49. The van der Waals surface area contributed by atoms with E-state index in [1.165, 1.54) is 19.1 Å². The molecule has 0 aromatic heterocycles. The van der Waals surface area contributed by atoms with Crippen molar-refractivity contribution < 1.29 is 35.2 Å². The van der Waals surface area contributed by atoms with Crippen LogP contribution in [0.3, 0.4) is 0 Å². The van der Waals surface area contributed by atoms with Gasteiger partial charge in [-0.2, -0.15) is 13.2 Å². The minimum absolute atomic E-state index is 0.0471. The highest BCUT2D eigenvalue weighted by atomic mass is 32.2. The number of rotatable bonds is 8. The molecular weight excluding hydrogens is 479 g/mol. The van der Waals surface area contributed by atoms with Gasteiger partial charge in [0, 0.05) is 6.08 Å². The number of benzene rings is 2. The quantitative estimate of drug-likeness (QED) is 0.371. The first kappa shape index (κ1) is 27.3. The van der Waals surface area contributed by atoms with Crippen LogP contribution < -0.4 is 10.0 Å². The van der Waals surface area contributed by atoms with Crippen molar-refractivity contribution in [2.24, 2.45) is 5.92 Å². The molecule has 2 N–H and O–H groups in total. The predicted molar refractivity (Wildman–Crippen MR) is 120 cm³/mol. The lowest BCUT2D eigenvalue weighted by molar-refractivity contribution is -0.137. The molecular formula is C23H25F5N2O3S. The summed E-state index contributed by atoms with van der Waals surface area (Å²) in [7, 11) is -3.90. The number of amides is 1. The Morgan fingerprint density at radius 2 is 1.65 bits per heavy atom. The molecule has 1 atom stereocenters. The molecule has 0 saturated carbocycles. The molecule has 2 aromatic carbocycles. The maximum absolute atomic E-state index is 14.2. The zero-order valence-electron chi connectivity index (χ0n) is 18.9. The van der Waals surface area contributed by atoms with E-state index in [0.29, 0.717) is 17.5 Å². The standard InChI is InChI=1S/C23H25F5N2O3S/c1-13(2)9-17-10-18(23(26,27)28)7-5-15(17)6-8-21(31)29-14(3)16-11-19(24)22(20(25)12-16)30-34(4,32)33/h5-8,10-14,30H,9H2,1-4H3,(H,29,31)/b8-6-/t14-/m1/s1. The summed E-state index contributed by atoms with van der Waals surface area (Å²) < 4.78 is 91.8. The van der Waals surface area contributed by atoms with Crippen LogP contribution in [0.15, 0.2) is 36.4 Å². The van der Waals surface area contributed by atoms with Crippen molar-refractivity contribution in [3.63, 3.8) is 0 Å². The highest BCUT2D eigenvalue weighted by molar-refractivity contribution is 7.92. The highest BCUT2D eigenvalue weighted by Crippen LogP contribution is 2.31. The van der Waals surface area contributed by atoms with Gasteiger partial charge in [-0.3, -0.25) is 9.52 Å². The van der Waals surface area contributed by atoms with Crippen molar-refractivity contribution in [3.05, 3.63) is 70.3 Å². The first-order valence-corrected chi connectivity index (χ1v) is 12.1. The first-order chi connectivity index (χ1) is 15.6. The Morgan fingerprint density at radius 1 is 1.06 bits per heavy atom. The van der Waals surface area contributed by atoms with Crippen molar-refractivity contribution in [2.75, 3.05) is 11.0 Å². The van der Waals surface area contributed by atoms with E-state index in [4.69, 9.17) is 0 Å². The Kier molecular flexibility index (Phi) is 8.46. The number of halogens is 5. The summed E-state index contributed by atoms with van der Waals surface area (Å²) in [6.45, 7) is 5.18. The third-order valence-electron chi connectivity index (χ3n) is 4.72. The number of carbonyl (C=O) groups excluding carboxylic acids is 1. The molecule has 0 saturated heterocycles. The Balaban J connectivity index is 2.20. The maximum atomic E-state index is 14.2. The molecule has 0 bridgehead atoms. The third-order valence-corrected chi connectivity index (χ3v) is 5.30. The molecule has 0 aliphatic heterocycles. The van der Waals surface area contributed by atoms with Crippen LogP contribution in [0.25, 0.3) is 6.08 Å². The molecule has 2 rings (SSSR count). The van der Waals surface area contributed by atoms with Crippen molar-refractivity contribution in [1.29, 1.82) is 0 Å². The van der Waals surface area contributed by atoms with Crippen LogP contribution >= 0.6 is 0 Å². The Bertz CT molecular complexity index is 1170. The second kappa shape index (κ2) is 10.5. The van der Waals surface area contributed by atoms with Crippen LogP contribution in [-0.2, 0) is 27.4 Å². The molecule has 11 heteroatoms. The number of nitrogens with one attached hydrogen (secondary N) is 2. The number of hydrogen-bond acceptors (Lipinski definition) is 3. The molecule has 0 radical (unpaired) electrons. The van der Waals surface area contributed by atoms with Crippen molar-refractivity contribution >= 4 is 27.7 Å². The van der Waals surface area contributed by atoms with Gasteiger partial charge < -0.3 is 5.32 Å². The molecule has 0 heterocycles. The van der Waals surface area contributed by atoms with Gasteiger partial charge in [0.05, 0.1) is 17.9 Å². The van der Waals surface area contributed by atoms with Gasteiger partial charge in [-0.25, -0.2) is 17.2 Å². The van der Waals surface area contributed by atoms with Gasteiger partial charge in [0.15, 0.2) is 11.6 Å². The smallest absolute Gasteiger partial charge is 0.346 e. The van der Waals surface area contributed by atoms with Gasteiger partial charge in [0.2, 0.25) is 15.9 Å². The van der Waals surface area contributed by atoms with E-state index in [1.54, 1.807) is 4.72 Å². The molecule has 34 heavy (non-hydrogen) atoms. The number of carbonyl (C=O) groups is 1. The van der Waals surface area contributed by atoms with Gasteiger partial charge >= 0.3 is 6.18 Å². The summed E-state index contributed by atoms with van der Waals surface area (Å²) in [6.07, 6.45) is -0.876. The molecule has 186 valence electrons. The van der Waals surface area contributed by atoms with Crippen LogP contribution in [0.1, 0.15) is 49.1 Å². The molecule has 0 spiro atoms. The fourth-order valence-electron chi connectivity index (χ4n) is 3.20. The van der Waals surface area contributed by atoms with Crippen LogP contribution in [0.2, 0.25) is 0 Å². The Hall–Kier alpha value is -2.95. The van der Waals surface area contributed by atoms with E-state index < -0.39 is 51.0 Å². The first-order valence-electron chi connectivity index (χ1n) is 10.2. The van der Waals surface area contributed by atoms with Crippen LogP contribution in [0, 0.1) is 17.6 Å². The van der Waals surface area contributed by atoms with Crippen LogP contribution in [-0.4, -0.2) is 20.6 Å². The normalized spacial score (nSPS) is 13.4. The molecule has 0 fully saturated rings. The van der Waals surface area contributed by atoms with Crippen LogP contribution in [0.5, 0.6) is 0 Å². The highest BCUT2D eigenvalue weighted by Gasteiger charge is 2.30. The monoisotopic (exact) mass is 504 g/mol. The topological polar surface area (TPSA) is 75.3 Å². The average molecular weight is 505 g/mol. The van der Waals surface area contributed by atoms with Crippen molar-refractivity contribution in [3.8, 4) is 0 Å². The third kappa shape index (κ3) is 7.82. The SMILES string of the molecule is CC(C)Cc1cc(C(F)(F)F)ccc1/C=C\C(=O)N[C@H](C)c1cc(F)c(NS(C)(=O)=O)c(F)c1. The van der Waals surface area contributed by atoms with Crippen molar-refractivity contribution in [2.45, 2.75) is 39.4 Å². The lowest BCUT2D eigenvalue weighted by Gasteiger charge is -2.16. The number of alkyl halides is 3. The molecule has 0 unspecified atom stereocenters. The van der Waals surface area contributed by atoms with Gasteiger partial charge in [0.1, 0.15) is 5.69 Å². The van der Waals surface area contributed by atoms with E-state index >= 15 is 0 Å². The Morgan fingerprint density at radius 3 is 2.15 bits per heavy atom. The van der Waals surface area contributed by atoms with Gasteiger partial charge in [-0.05, 0) is 66.3 Å². The van der Waals surface area contributed by atoms with Gasteiger partial charge in [-0.15, -0.1) is 0 Å². The summed E-state index contributed by atoms with van der Waals surface area (Å²) in [4.78, 5) is 12.3. The summed E-state index contributed by atoms with van der Waals surface area (Å²) in [6, 6.07) is 4.20. The van der Waals surface area contributed by atoms with Crippen molar-refractivity contribution in [1.82, 2.24) is 5.32 Å². The zero-order valence-corrected chi connectivity index (χ0v) is 19.7. The lowest BCUT2D eigenvalue weighted by atomic mass is 9.95. The van der Waals surface area contributed by atoms with E-state index in [-0.39, 0.29) is 11.5 Å². The Labute approximate surface area is 195 Å². The summed E-state index contributed by atoms with van der Waals surface area (Å²) in [5.41, 5.74) is -0.690. The minimum Gasteiger partial charge on any atom is -0.346 e. The molecule has 2 aromatic rings. The van der Waals surface area contributed by atoms with E-state index in [2.05, 4.69) is 5.32 Å². The lowest BCUT2D eigenvalue weighted by Crippen LogP contribution is -2.25. The summed E-state index contributed by atoms with van der Waals surface area (Å²) >= 11 is 0. The van der Waals surface area contributed by atoms with Gasteiger partial charge in [-0.1, -0.05) is 19.9 Å². The molecule has 0 aliphatic rings.